The van der Waals surface area contributed by atoms with Crippen molar-refractivity contribution in [3.63, 3.8) is 0 Å². The van der Waals surface area contributed by atoms with Gasteiger partial charge in [-0.1, -0.05) is 12.1 Å². The smallest absolute Gasteiger partial charge is 0.133 e. The molecule has 0 atom stereocenters. The summed E-state index contributed by atoms with van der Waals surface area (Å²) in [6, 6.07) is 12.6. The zero-order chi connectivity index (χ0) is 18.5. The molecule has 0 N–H and O–H groups in total. The zero-order valence-electron chi connectivity index (χ0n) is 15.2. The molecule has 3 heterocycles. The zero-order valence-corrected chi connectivity index (χ0v) is 16.8. The number of rotatable bonds is 8. The molecule has 138 valence electrons. The van der Waals surface area contributed by atoms with Crippen molar-refractivity contribution in [1.82, 2.24) is 14.5 Å². The van der Waals surface area contributed by atoms with Crippen molar-refractivity contribution in [2.45, 2.75) is 32.9 Å². The van der Waals surface area contributed by atoms with E-state index in [1.54, 1.807) is 22.7 Å². The first-order valence-corrected chi connectivity index (χ1v) is 10.6. The van der Waals surface area contributed by atoms with Crippen molar-refractivity contribution < 1.29 is 4.74 Å². The first-order chi connectivity index (χ1) is 13.3. The van der Waals surface area contributed by atoms with Crippen LogP contribution in [-0.4, -0.2) is 14.5 Å². The molecule has 0 spiro atoms. The Morgan fingerprint density at radius 2 is 2.00 bits per heavy atom. The lowest BCUT2D eigenvalue weighted by Gasteiger charge is -2.06. The summed E-state index contributed by atoms with van der Waals surface area (Å²) in [5.74, 6) is 0.884. The Labute approximate surface area is 167 Å². The van der Waals surface area contributed by atoms with E-state index >= 15 is 0 Å². The van der Waals surface area contributed by atoms with Crippen LogP contribution in [0.25, 0.3) is 9.88 Å². The number of benzene rings is 1. The average Bonchev–Trinajstić information content (AvgIpc) is 3.43. The second kappa shape index (κ2) is 8.50. The third-order valence-corrected chi connectivity index (χ3v) is 6.31. The fourth-order valence-corrected chi connectivity index (χ4v) is 4.57. The molecule has 0 aliphatic rings. The monoisotopic (exact) mass is 395 g/mol. The predicted molar refractivity (Wildman–Crippen MR) is 111 cm³/mol. The Hall–Kier alpha value is -2.44. The maximum absolute atomic E-state index is 5.90. The fourth-order valence-electron chi connectivity index (χ4n) is 2.83. The van der Waals surface area contributed by atoms with Crippen molar-refractivity contribution >= 4 is 22.7 Å². The summed E-state index contributed by atoms with van der Waals surface area (Å²) in [6.45, 7) is 3.61. The van der Waals surface area contributed by atoms with E-state index in [9.17, 15) is 0 Å². The Kier molecular flexibility index (Phi) is 5.65. The number of thiazole rings is 1. The SMILES string of the molecule is Cc1ccc(-c2nc(COc3ccc(CCCn4ccnc4)cc3)cs2)s1. The second-order valence-electron chi connectivity index (χ2n) is 6.39. The highest BCUT2D eigenvalue weighted by Gasteiger charge is 2.07. The molecule has 6 heteroatoms. The van der Waals surface area contributed by atoms with E-state index in [4.69, 9.17) is 4.74 Å². The van der Waals surface area contributed by atoms with Gasteiger partial charge < -0.3 is 9.30 Å². The summed E-state index contributed by atoms with van der Waals surface area (Å²) in [4.78, 5) is 11.3. The van der Waals surface area contributed by atoms with Crippen molar-refractivity contribution in [3.8, 4) is 15.6 Å². The van der Waals surface area contributed by atoms with Gasteiger partial charge in [0.2, 0.25) is 0 Å². The standard InChI is InChI=1S/C21H21N3OS2/c1-16-4-9-20(27-16)21-23-18(14-26-21)13-25-19-7-5-17(6-8-19)3-2-11-24-12-10-22-15-24/h4-10,12,14-15H,2-3,11,13H2,1H3. The average molecular weight is 396 g/mol. The van der Waals surface area contributed by atoms with E-state index in [-0.39, 0.29) is 0 Å². The van der Waals surface area contributed by atoms with Gasteiger partial charge in [-0.15, -0.1) is 22.7 Å². The minimum Gasteiger partial charge on any atom is -0.487 e. The molecule has 0 radical (unpaired) electrons. The molecule has 4 aromatic rings. The normalized spacial score (nSPS) is 11.0. The van der Waals surface area contributed by atoms with Gasteiger partial charge in [0.15, 0.2) is 0 Å². The summed E-state index contributed by atoms with van der Waals surface area (Å²) in [6.07, 6.45) is 7.83. The third-order valence-electron chi connectivity index (χ3n) is 4.25. The topological polar surface area (TPSA) is 39.9 Å². The lowest BCUT2D eigenvalue weighted by molar-refractivity contribution is 0.302. The van der Waals surface area contributed by atoms with Gasteiger partial charge in [0.25, 0.3) is 0 Å². The van der Waals surface area contributed by atoms with Crippen molar-refractivity contribution in [1.29, 1.82) is 0 Å². The molecular weight excluding hydrogens is 374 g/mol. The van der Waals surface area contributed by atoms with Crippen LogP contribution < -0.4 is 4.74 Å². The van der Waals surface area contributed by atoms with Crippen LogP contribution in [0.2, 0.25) is 0 Å². The first kappa shape index (κ1) is 17.9. The molecule has 3 aromatic heterocycles. The number of hydrogen-bond acceptors (Lipinski definition) is 5. The molecule has 0 aliphatic carbocycles. The first-order valence-electron chi connectivity index (χ1n) is 8.95. The van der Waals surface area contributed by atoms with Gasteiger partial charge in [-0.3, -0.25) is 0 Å². The molecule has 1 aromatic carbocycles. The van der Waals surface area contributed by atoms with Crippen molar-refractivity contribution in [3.05, 3.63) is 76.6 Å². The largest absolute Gasteiger partial charge is 0.487 e. The van der Waals surface area contributed by atoms with E-state index in [1.165, 1.54) is 15.3 Å². The molecule has 4 rings (SSSR count). The lowest BCUT2D eigenvalue weighted by Crippen LogP contribution is -1.98. The van der Waals surface area contributed by atoms with Gasteiger partial charge in [-0.05, 0) is 49.6 Å². The maximum atomic E-state index is 5.90. The van der Waals surface area contributed by atoms with E-state index in [1.807, 2.05) is 30.9 Å². The number of hydrogen-bond donors (Lipinski definition) is 0. The Morgan fingerprint density at radius 3 is 2.74 bits per heavy atom. The van der Waals surface area contributed by atoms with Crippen LogP contribution in [0.5, 0.6) is 5.75 Å². The minimum atomic E-state index is 0.501. The van der Waals surface area contributed by atoms with Crippen LogP contribution >= 0.6 is 22.7 Å². The third kappa shape index (κ3) is 4.84. The molecular formula is C21H21N3OS2. The summed E-state index contributed by atoms with van der Waals surface area (Å²) in [5, 5.41) is 3.15. The Morgan fingerprint density at radius 1 is 1.11 bits per heavy atom. The molecule has 4 nitrogen and oxygen atoms in total. The highest BCUT2D eigenvalue weighted by atomic mass is 32.1. The number of thiophene rings is 1. The Balaban J connectivity index is 1.27. The van der Waals surface area contributed by atoms with Gasteiger partial charge in [-0.2, -0.15) is 0 Å². The molecule has 27 heavy (non-hydrogen) atoms. The lowest BCUT2D eigenvalue weighted by atomic mass is 10.1. The highest BCUT2D eigenvalue weighted by Crippen LogP contribution is 2.30. The molecule has 0 saturated carbocycles. The van der Waals surface area contributed by atoms with Crippen LogP contribution in [0, 0.1) is 6.92 Å². The predicted octanol–water partition coefficient (Wildman–Crippen LogP) is 5.59. The van der Waals surface area contributed by atoms with Gasteiger partial charge in [-0.25, -0.2) is 9.97 Å². The van der Waals surface area contributed by atoms with Crippen LogP contribution in [-0.2, 0) is 19.6 Å². The quantitative estimate of drug-likeness (QED) is 0.390. The number of aryl methyl sites for hydroxylation is 3. The molecule has 0 aliphatic heterocycles. The van der Waals surface area contributed by atoms with E-state index in [2.05, 4.69) is 51.1 Å². The van der Waals surface area contributed by atoms with Crippen LogP contribution in [0.4, 0.5) is 0 Å². The highest BCUT2D eigenvalue weighted by molar-refractivity contribution is 7.21. The summed E-state index contributed by atoms with van der Waals surface area (Å²) in [5.41, 5.74) is 2.30. The number of ether oxygens (including phenoxy) is 1. The second-order valence-corrected chi connectivity index (χ2v) is 8.54. The molecule has 0 amide bonds. The summed E-state index contributed by atoms with van der Waals surface area (Å²) >= 11 is 3.45. The molecule has 0 unspecified atom stereocenters. The van der Waals surface area contributed by atoms with E-state index < -0.39 is 0 Å². The molecule has 0 fully saturated rings. The van der Waals surface area contributed by atoms with Crippen LogP contribution in [0.1, 0.15) is 22.6 Å². The van der Waals surface area contributed by atoms with E-state index in [0.29, 0.717) is 6.61 Å². The van der Waals surface area contributed by atoms with Crippen molar-refractivity contribution in [2.75, 3.05) is 0 Å². The summed E-state index contributed by atoms with van der Waals surface area (Å²) < 4.78 is 8.01. The fraction of sp³-hybridized carbons (Fsp3) is 0.238. The van der Waals surface area contributed by atoms with Gasteiger partial charge in [0, 0.05) is 29.2 Å². The minimum absolute atomic E-state index is 0.501. The molecule has 0 saturated heterocycles. The van der Waals surface area contributed by atoms with Crippen LogP contribution in [0.3, 0.4) is 0 Å². The van der Waals surface area contributed by atoms with Crippen LogP contribution in [0.15, 0.2) is 60.5 Å². The number of imidazole rings is 1. The van der Waals surface area contributed by atoms with Gasteiger partial charge in [0.05, 0.1) is 16.9 Å². The summed E-state index contributed by atoms with van der Waals surface area (Å²) in [7, 11) is 0. The van der Waals surface area contributed by atoms with E-state index in [0.717, 1.165) is 35.8 Å². The van der Waals surface area contributed by atoms with Gasteiger partial charge in [0.1, 0.15) is 17.4 Å². The van der Waals surface area contributed by atoms with Crippen molar-refractivity contribution in [2.24, 2.45) is 0 Å². The molecule has 0 bridgehead atoms. The number of aromatic nitrogens is 3. The maximum Gasteiger partial charge on any atom is 0.133 e. The Bertz CT molecular complexity index is 971. The van der Waals surface area contributed by atoms with Gasteiger partial charge >= 0.3 is 0 Å². The number of nitrogens with zero attached hydrogens (tertiary/aromatic N) is 3.